The first-order valence-corrected chi connectivity index (χ1v) is 11.2. The molecule has 6 nitrogen and oxygen atoms in total. The van der Waals surface area contributed by atoms with Gasteiger partial charge in [0.2, 0.25) is 5.91 Å². The molecule has 0 aliphatic carbocycles. The van der Waals surface area contributed by atoms with Crippen molar-refractivity contribution in [3.63, 3.8) is 0 Å². The van der Waals surface area contributed by atoms with Gasteiger partial charge in [0, 0.05) is 56.3 Å². The lowest BCUT2D eigenvalue weighted by Crippen LogP contribution is -2.43. The second-order valence-corrected chi connectivity index (χ2v) is 8.75. The van der Waals surface area contributed by atoms with Gasteiger partial charge in [0.15, 0.2) is 0 Å². The number of piperazine rings is 1. The lowest BCUT2D eigenvalue weighted by molar-refractivity contribution is -0.121. The third-order valence-electron chi connectivity index (χ3n) is 5.17. The molecular formula is C23H32N4O2S. The monoisotopic (exact) mass is 428 g/mol. The number of hydrogen-bond acceptors (Lipinski definition) is 6. The molecule has 7 heteroatoms. The van der Waals surface area contributed by atoms with E-state index in [1.54, 1.807) is 19.1 Å². The normalized spacial score (nSPS) is 14.1. The third-order valence-corrected chi connectivity index (χ3v) is 6.32. The van der Waals surface area contributed by atoms with Crippen LogP contribution >= 0.6 is 11.9 Å². The molecule has 0 aromatic heterocycles. The van der Waals surface area contributed by atoms with Crippen molar-refractivity contribution in [2.75, 3.05) is 51.8 Å². The van der Waals surface area contributed by atoms with Crippen LogP contribution < -0.4 is 20.3 Å². The Balaban J connectivity index is 1.42. The van der Waals surface area contributed by atoms with Crippen molar-refractivity contribution in [2.45, 2.75) is 24.8 Å². The van der Waals surface area contributed by atoms with Crippen LogP contribution in [0, 0.1) is 6.92 Å². The summed E-state index contributed by atoms with van der Waals surface area (Å²) in [6, 6.07) is 14.5. The molecule has 2 aromatic carbocycles. The first kappa shape index (κ1) is 22.5. The molecule has 1 aliphatic heterocycles. The van der Waals surface area contributed by atoms with E-state index in [1.165, 1.54) is 16.1 Å². The van der Waals surface area contributed by atoms with E-state index in [9.17, 15) is 4.79 Å². The number of benzene rings is 2. The third kappa shape index (κ3) is 6.65. The van der Waals surface area contributed by atoms with Gasteiger partial charge in [0.25, 0.3) is 0 Å². The quantitative estimate of drug-likeness (QED) is 0.599. The Morgan fingerprint density at radius 1 is 1.23 bits per heavy atom. The molecule has 1 heterocycles. The van der Waals surface area contributed by atoms with E-state index in [0.29, 0.717) is 19.5 Å². The smallest absolute Gasteiger partial charge is 0.221 e. The van der Waals surface area contributed by atoms with Crippen molar-refractivity contribution in [1.82, 2.24) is 14.9 Å². The van der Waals surface area contributed by atoms with Crippen LogP contribution in [0.2, 0.25) is 0 Å². The molecule has 0 radical (unpaired) electrons. The molecule has 0 spiro atoms. The van der Waals surface area contributed by atoms with Crippen LogP contribution in [-0.4, -0.2) is 57.1 Å². The fourth-order valence-electron chi connectivity index (χ4n) is 3.40. The molecule has 2 N–H and O–H groups in total. The molecule has 162 valence electrons. The maximum Gasteiger partial charge on any atom is 0.221 e. The van der Waals surface area contributed by atoms with E-state index < -0.39 is 0 Å². The number of amides is 1. The van der Waals surface area contributed by atoms with E-state index in [0.717, 1.165) is 37.5 Å². The van der Waals surface area contributed by atoms with Crippen molar-refractivity contribution in [1.29, 1.82) is 0 Å². The number of nitrogens with one attached hydrogen (secondary N) is 2. The summed E-state index contributed by atoms with van der Waals surface area (Å²) in [7, 11) is 3.69. The Morgan fingerprint density at radius 3 is 2.77 bits per heavy atom. The number of carbonyl (C=O) groups is 1. The number of carbonyl (C=O) groups excluding carboxylic acids is 1. The van der Waals surface area contributed by atoms with Crippen LogP contribution in [0.3, 0.4) is 0 Å². The topological polar surface area (TPSA) is 56.8 Å². The molecule has 3 rings (SSSR count). The van der Waals surface area contributed by atoms with Crippen molar-refractivity contribution in [3.8, 4) is 5.75 Å². The number of ether oxygens (including phenoxy) is 1. The molecule has 1 fully saturated rings. The van der Waals surface area contributed by atoms with Gasteiger partial charge in [-0.3, -0.25) is 4.79 Å². The van der Waals surface area contributed by atoms with Crippen LogP contribution in [-0.2, 0) is 11.3 Å². The molecule has 0 saturated carbocycles. The Bertz CT molecular complexity index is 840. The fraction of sp³-hybridized carbons (Fsp3) is 0.435. The van der Waals surface area contributed by atoms with E-state index >= 15 is 0 Å². The number of hydrogen-bond donors (Lipinski definition) is 2. The van der Waals surface area contributed by atoms with E-state index in [4.69, 9.17) is 4.74 Å². The van der Waals surface area contributed by atoms with E-state index in [2.05, 4.69) is 57.1 Å². The summed E-state index contributed by atoms with van der Waals surface area (Å²) in [5, 5.41) is 6.43. The summed E-state index contributed by atoms with van der Waals surface area (Å²) in [5.74, 6) is 0.932. The lowest BCUT2D eigenvalue weighted by Gasteiger charge is -2.29. The zero-order chi connectivity index (χ0) is 21.3. The van der Waals surface area contributed by atoms with Gasteiger partial charge < -0.3 is 20.3 Å². The highest BCUT2D eigenvalue weighted by Crippen LogP contribution is 2.28. The maximum atomic E-state index is 12.3. The van der Waals surface area contributed by atoms with Crippen molar-refractivity contribution in [3.05, 3.63) is 53.6 Å². The highest BCUT2D eigenvalue weighted by molar-refractivity contribution is 7.97. The van der Waals surface area contributed by atoms with Gasteiger partial charge in [-0.25, -0.2) is 4.31 Å². The highest BCUT2D eigenvalue weighted by atomic mass is 32.2. The van der Waals surface area contributed by atoms with Crippen LogP contribution in [0.15, 0.2) is 47.4 Å². The Labute approximate surface area is 184 Å². The Hall–Kier alpha value is -2.22. The lowest BCUT2D eigenvalue weighted by atomic mass is 10.1. The van der Waals surface area contributed by atoms with E-state index in [1.807, 2.05) is 19.2 Å². The van der Waals surface area contributed by atoms with Crippen LogP contribution in [0.5, 0.6) is 5.75 Å². The fourth-order valence-corrected chi connectivity index (χ4v) is 4.25. The minimum Gasteiger partial charge on any atom is -0.497 e. The zero-order valence-corrected chi connectivity index (χ0v) is 18.9. The number of anilines is 1. The number of aryl methyl sites for hydroxylation is 1. The molecule has 0 unspecified atom stereocenters. The Kier molecular flexibility index (Phi) is 8.42. The van der Waals surface area contributed by atoms with Gasteiger partial charge in [0.1, 0.15) is 5.75 Å². The molecule has 1 saturated heterocycles. The summed E-state index contributed by atoms with van der Waals surface area (Å²) in [5.41, 5.74) is 3.53. The summed E-state index contributed by atoms with van der Waals surface area (Å²) in [6.45, 7) is 7.39. The molecular weight excluding hydrogens is 396 g/mol. The second kappa shape index (κ2) is 11.2. The van der Waals surface area contributed by atoms with Crippen LogP contribution in [0.4, 0.5) is 5.69 Å². The largest absolute Gasteiger partial charge is 0.497 e. The average molecular weight is 429 g/mol. The van der Waals surface area contributed by atoms with Crippen molar-refractivity contribution < 1.29 is 9.53 Å². The summed E-state index contributed by atoms with van der Waals surface area (Å²) >= 11 is 1.65. The summed E-state index contributed by atoms with van der Waals surface area (Å²) in [4.78, 5) is 15.9. The molecule has 0 bridgehead atoms. The van der Waals surface area contributed by atoms with Gasteiger partial charge in [-0.05, 0) is 67.4 Å². The minimum atomic E-state index is 0.0708. The average Bonchev–Trinajstić information content (AvgIpc) is 2.78. The van der Waals surface area contributed by atoms with Gasteiger partial charge >= 0.3 is 0 Å². The maximum absolute atomic E-state index is 12.3. The molecule has 30 heavy (non-hydrogen) atoms. The summed E-state index contributed by atoms with van der Waals surface area (Å²) < 4.78 is 7.35. The number of nitrogens with zero attached hydrogens (tertiary/aromatic N) is 2. The van der Waals surface area contributed by atoms with E-state index in [-0.39, 0.29) is 5.91 Å². The van der Waals surface area contributed by atoms with Crippen molar-refractivity contribution >= 4 is 23.5 Å². The Morgan fingerprint density at radius 2 is 2.03 bits per heavy atom. The second-order valence-electron chi connectivity index (χ2n) is 7.51. The predicted octanol–water partition coefficient (Wildman–Crippen LogP) is 3.06. The van der Waals surface area contributed by atoms with Gasteiger partial charge in [-0.1, -0.05) is 12.1 Å². The highest BCUT2D eigenvalue weighted by Gasteiger charge is 2.11. The molecule has 1 amide bonds. The SMILES string of the molecule is COc1ccc(SN(C)CCC(=O)NCc2cccc(N3CCNCC3)c2)c(C)c1. The number of rotatable bonds is 9. The molecule has 1 aliphatic rings. The first-order chi connectivity index (χ1) is 14.5. The predicted molar refractivity (Wildman–Crippen MR) is 124 cm³/mol. The standard InChI is InChI=1S/C23H32N4O2S/c1-18-15-21(29-3)7-8-22(18)30-26(2)12-9-23(28)25-17-19-5-4-6-20(16-19)27-13-10-24-11-14-27/h4-8,15-16,24H,9-14,17H2,1-3H3,(H,25,28). The van der Waals surface area contributed by atoms with Gasteiger partial charge in [-0.2, -0.15) is 0 Å². The first-order valence-electron chi connectivity index (χ1n) is 10.4. The zero-order valence-electron chi connectivity index (χ0n) is 18.1. The van der Waals surface area contributed by atoms with Gasteiger partial charge in [-0.15, -0.1) is 0 Å². The molecule has 2 aromatic rings. The van der Waals surface area contributed by atoms with Crippen molar-refractivity contribution in [2.24, 2.45) is 0 Å². The van der Waals surface area contributed by atoms with Crippen LogP contribution in [0.25, 0.3) is 0 Å². The molecule has 0 atom stereocenters. The minimum absolute atomic E-state index is 0.0708. The van der Waals surface area contributed by atoms with Crippen LogP contribution in [0.1, 0.15) is 17.5 Å². The van der Waals surface area contributed by atoms with Gasteiger partial charge in [0.05, 0.1) is 7.11 Å². The number of methoxy groups -OCH3 is 1. The summed E-state index contributed by atoms with van der Waals surface area (Å²) in [6.07, 6.45) is 0.468.